The van der Waals surface area contributed by atoms with Gasteiger partial charge in [-0.15, -0.1) is 0 Å². The van der Waals surface area contributed by atoms with Crippen molar-refractivity contribution in [2.24, 2.45) is 0 Å². The Morgan fingerprint density at radius 3 is 2.26 bits per heavy atom. The predicted molar refractivity (Wildman–Crippen MR) is 111 cm³/mol. The molecule has 2 atom stereocenters. The summed E-state index contributed by atoms with van der Waals surface area (Å²) < 4.78 is 52.8. The van der Waals surface area contributed by atoms with Crippen molar-refractivity contribution in [3.8, 4) is 0 Å². The molecule has 1 aliphatic rings. The maximum absolute atomic E-state index is 13.5. The highest BCUT2D eigenvalue weighted by Gasteiger charge is 2.45. The maximum Gasteiger partial charge on any atom is 0.265 e. The molecule has 0 unspecified atom stereocenters. The van der Waals surface area contributed by atoms with Crippen LogP contribution in [0.3, 0.4) is 0 Å². The molecular formula is C16H16Br2N2O5S2. The Balaban J connectivity index is 2.20. The fourth-order valence-electron chi connectivity index (χ4n) is 2.95. The third kappa shape index (κ3) is 4.16. The molecule has 0 bridgehead atoms. The summed E-state index contributed by atoms with van der Waals surface area (Å²) >= 11 is 6.49. The molecule has 3 rings (SSSR count). The molecule has 7 nitrogen and oxygen atoms in total. The highest BCUT2D eigenvalue weighted by atomic mass is 79.9. The molecule has 1 saturated heterocycles. The molecule has 0 amide bonds. The number of hydrogen-bond acceptors (Lipinski definition) is 6. The number of sulfonamides is 1. The molecule has 146 valence electrons. The minimum atomic E-state index is -4.20. The van der Waals surface area contributed by atoms with E-state index in [1.165, 1.54) is 30.3 Å². The van der Waals surface area contributed by atoms with Crippen molar-refractivity contribution in [1.82, 2.24) is 0 Å². The normalized spacial score (nSPS) is 21.9. The van der Waals surface area contributed by atoms with E-state index in [1.807, 2.05) is 0 Å². The second-order valence-electron chi connectivity index (χ2n) is 6.18. The Hall–Kier alpha value is -1.14. The quantitative estimate of drug-likeness (QED) is 0.575. The Morgan fingerprint density at radius 2 is 1.70 bits per heavy atom. The number of nitrogen functional groups attached to an aromatic ring is 1. The van der Waals surface area contributed by atoms with Gasteiger partial charge in [0.25, 0.3) is 10.0 Å². The van der Waals surface area contributed by atoms with Gasteiger partial charge in [-0.2, -0.15) is 0 Å². The third-order valence-electron chi connectivity index (χ3n) is 4.17. The molecule has 0 saturated carbocycles. The molecule has 1 heterocycles. The average Bonchev–Trinajstić information content (AvgIpc) is 2.84. The molecule has 1 fully saturated rings. The van der Waals surface area contributed by atoms with Crippen LogP contribution in [0.5, 0.6) is 0 Å². The molecule has 2 aromatic carbocycles. The average molecular weight is 540 g/mol. The third-order valence-corrected chi connectivity index (χ3v) is 9.21. The van der Waals surface area contributed by atoms with Crippen molar-refractivity contribution < 1.29 is 21.9 Å². The van der Waals surface area contributed by atoms with Crippen LogP contribution in [0.4, 0.5) is 11.4 Å². The first-order valence-electron chi connectivity index (χ1n) is 7.75. The first kappa shape index (κ1) is 20.6. The van der Waals surface area contributed by atoms with E-state index in [9.17, 15) is 21.9 Å². The summed E-state index contributed by atoms with van der Waals surface area (Å²) in [5.74, 6) is -0.957. The molecule has 11 heteroatoms. The number of nitrogens with two attached hydrogens (primary N) is 1. The van der Waals surface area contributed by atoms with Crippen molar-refractivity contribution in [3.05, 3.63) is 51.4 Å². The predicted octanol–water partition coefficient (Wildman–Crippen LogP) is 2.15. The zero-order valence-corrected chi connectivity index (χ0v) is 18.6. The number of benzene rings is 2. The molecule has 0 spiro atoms. The largest absolute Gasteiger partial charge is 0.399 e. The fraction of sp³-hybridized carbons (Fsp3) is 0.250. The number of halogens is 2. The number of hydrogen-bond donors (Lipinski definition) is 2. The molecule has 27 heavy (non-hydrogen) atoms. The van der Waals surface area contributed by atoms with Gasteiger partial charge in [0.15, 0.2) is 9.84 Å². The van der Waals surface area contributed by atoms with E-state index in [1.54, 1.807) is 12.1 Å². The summed E-state index contributed by atoms with van der Waals surface area (Å²) in [4.78, 5) is -0.0507. The van der Waals surface area contributed by atoms with Gasteiger partial charge in [0.05, 0.1) is 29.3 Å². The second kappa shape index (κ2) is 7.36. The van der Waals surface area contributed by atoms with Crippen LogP contribution in [0.25, 0.3) is 0 Å². The zero-order chi connectivity index (χ0) is 20.0. The van der Waals surface area contributed by atoms with Gasteiger partial charge in [-0.25, -0.2) is 16.8 Å². The smallest absolute Gasteiger partial charge is 0.265 e. The minimum absolute atomic E-state index is 0.0507. The number of anilines is 2. The van der Waals surface area contributed by atoms with Crippen LogP contribution in [0.2, 0.25) is 0 Å². The van der Waals surface area contributed by atoms with Crippen molar-refractivity contribution in [2.75, 3.05) is 21.5 Å². The summed E-state index contributed by atoms with van der Waals surface area (Å²) in [5, 5.41) is 10.3. The van der Waals surface area contributed by atoms with Crippen LogP contribution in [0.1, 0.15) is 0 Å². The van der Waals surface area contributed by atoms with Crippen LogP contribution in [0, 0.1) is 0 Å². The van der Waals surface area contributed by atoms with Gasteiger partial charge in [0, 0.05) is 14.6 Å². The summed E-state index contributed by atoms with van der Waals surface area (Å²) in [6, 6.07) is 9.51. The van der Waals surface area contributed by atoms with Crippen molar-refractivity contribution >= 4 is 63.1 Å². The van der Waals surface area contributed by atoms with E-state index in [0.29, 0.717) is 14.6 Å². The lowest BCUT2D eigenvalue weighted by molar-refractivity contribution is 0.184. The van der Waals surface area contributed by atoms with Gasteiger partial charge < -0.3 is 10.8 Å². The number of sulfone groups is 1. The van der Waals surface area contributed by atoms with Crippen molar-refractivity contribution in [1.29, 1.82) is 0 Å². The topological polar surface area (TPSA) is 118 Å². The lowest BCUT2D eigenvalue weighted by Crippen LogP contribution is -2.47. The summed E-state index contributed by atoms with van der Waals surface area (Å²) in [5.41, 5.74) is 6.34. The van der Waals surface area contributed by atoms with Crippen molar-refractivity contribution in [3.63, 3.8) is 0 Å². The summed E-state index contributed by atoms with van der Waals surface area (Å²) in [6.45, 7) is 0. The Bertz CT molecular complexity index is 1070. The standard InChI is InChI=1S/C16H16Br2N2O5S2/c17-10-1-6-13(18)16(7-10)27(24,25)20(12-4-2-11(19)3-5-12)14-8-26(22,23)9-15(14)21/h1-7,14-15,21H,8-9,19H2/t14-,15-/m1/s1. The number of aliphatic hydroxyl groups is 1. The fourth-order valence-corrected chi connectivity index (χ4v) is 7.96. The van der Waals surface area contributed by atoms with Gasteiger partial charge in [-0.1, -0.05) is 15.9 Å². The monoisotopic (exact) mass is 538 g/mol. The number of rotatable bonds is 4. The van der Waals surface area contributed by atoms with E-state index < -0.39 is 43.5 Å². The zero-order valence-electron chi connectivity index (χ0n) is 13.8. The number of aliphatic hydroxyl groups excluding tert-OH is 1. The molecule has 0 radical (unpaired) electrons. The minimum Gasteiger partial charge on any atom is -0.399 e. The maximum atomic E-state index is 13.5. The van der Waals surface area contributed by atoms with E-state index in [4.69, 9.17) is 5.73 Å². The van der Waals surface area contributed by atoms with Crippen LogP contribution in [0.15, 0.2) is 56.3 Å². The first-order chi connectivity index (χ1) is 12.5. The van der Waals surface area contributed by atoms with E-state index in [-0.39, 0.29) is 10.6 Å². The first-order valence-corrected chi connectivity index (χ1v) is 12.6. The van der Waals surface area contributed by atoms with Gasteiger partial charge in [-0.05, 0) is 58.4 Å². The van der Waals surface area contributed by atoms with Gasteiger partial charge in [0.2, 0.25) is 0 Å². The molecular weight excluding hydrogens is 524 g/mol. The molecule has 3 N–H and O–H groups in total. The second-order valence-corrected chi connectivity index (χ2v) is 11.9. The van der Waals surface area contributed by atoms with Gasteiger partial charge >= 0.3 is 0 Å². The van der Waals surface area contributed by atoms with E-state index >= 15 is 0 Å². The Morgan fingerprint density at radius 1 is 1.07 bits per heavy atom. The van der Waals surface area contributed by atoms with E-state index in [0.717, 1.165) is 4.31 Å². The van der Waals surface area contributed by atoms with Crippen LogP contribution >= 0.6 is 31.9 Å². The van der Waals surface area contributed by atoms with E-state index in [2.05, 4.69) is 31.9 Å². The molecule has 1 aliphatic heterocycles. The SMILES string of the molecule is Nc1ccc(N([C@@H]2CS(=O)(=O)C[C@H]2O)S(=O)(=O)c2cc(Br)ccc2Br)cc1. The lowest BCUT2D eigenvalue weighted by atomic mass is 10.2. The van der Waals surface area contributed by atoms with Gasteiger partial charge in [-0.3, -0.25) is 4.31 Å². The highest BCUT2D eigenvalue weighted by Crippen LogP contribution is 2.35. The van der Waals surface area contributed by atoms with Crippen molar-refractivity contribution in [2.45, 2.75) is 17.0 Å². The summed E-state index contributed by atoms with van der Waals surface area (Å²) in [7, 11) is -7.76. The highest BCUT2D eigenvalue weighted by molar-refractivity contribution is 9.11. The molecule has 0 aromatic heterocycles. The Labute approximate surface area is 174 Å². The van der Waals surface area contributed by atoms with Crippen LogP contribution < -0.4 is 10.0 Å². The lowest BCUT2D eigenvalue weighted by Gasteiger charge is -2.31. The number of nitrogens with zero attached hydrogens (tertiary/aromatic N) is 1. The van der Waals surface area contributed by atoms with Gasteiger partial charge in [0.1, 0.15) is 4.90 Å². The molecule has 0 aliphatic carbocycles. The Kier molecular flexibility index (Phi) is 5.61. The molecule has 2 aromatic rings. The summed E-state index contributed by atoms with van der Waals surface area (Å²) in [6.07, 6.45) is -1.34. The van der Waals surface area contributed by atoms with Crippen LogP contribution in [-0.2, 0) is 19.9 Å². The van der Waals surface area contributed by atoms with Crippen LogP contribution in [-0.4, -0.2) is 45.6 Å².